The van der Waals surface area contributed by atoms with Crippen molar-refractivity contribution in [1.82, 2.24) is 20.9 Å². The molecule has 3 amide bonds. The molecule has 3 heterocycles. The van der Waals surface area contributed by atoms with Crippen LogP contribution in [0.3, 0.4) is 0 Å². The second kappa shape index (κ2) is 10.3. The van der Waals surface area contributed by atoms with Gasteiger partial charge in [-0.1, -0.05) is 23.3 Å². The lowest BCUT2D eigenvalue weighted by Crippen LogP contribution is -2.36. The van der Waals surface area contributed by atoms with Crippen molar-refractivity contribution in [2.45, 2.75) is 48.0 Å². The zero-order chi connectivity index (χ0) is 18.2. The van der Waals surface area contributed by atoms with Crippen LogP contribution in [0.1, 0.15) is 25.7 Å². The number of fused-ring (bicyclic) bond motifs is 1. The molecule has 2 aliphatic rings. The highest BCUT2D eigenvalue weighted by Crippen LogP contribution is 2.33. The molecule has 0 unspecified atom stereocenters. The molecular weight excluding hydrogens is 388 g/mol. The van der Waals surface area contributed by atoms with Crippen LogP contribution in [0.15, 0.2) is 29.4 Å². The molecule has 142 valence electrons. The van der Waals surface area contributed by atoms with E-state index < -0.39 is 0 Å². The molecule has 9 heteroatoms. The van der Waals surface area contributed by atoms with E-state index in [1.807, 2.05) is 30.0 Å². The van der Waals surface area contributed by atoms with Crippen LogP contribution in [0, 0.1) is 0 Å². The van der Waals surface area contributed by atoms with Gasteiger partial charge in [0.15, 0.2) is 0 Å². The van der Waals surface area contributed by atoms with E-state index in [1.165, 1.54) is 0 Å². The summed E-state index contributed by atoms with van der Waals surface area (Å²) in [6.07, 6.45) is 5.34. The first-order valence-corrected chi connectivity index (χ1v) is 12.2. The van der Waals surface area contributed by atoms with Gasteiger partial charge in [0.1, 0.15) is 5.03 Å². The van der Waals surface area contributed by atoms with E-state index in [2.05, 4.69) is 20.9 Å². The molecule has 2 aliphatic heterocycles. The third kappa shape index (κ3) is 5.99. The molecule has 0 spiro atoms. The predicted molar refractivity (Wildman–Crippen MR) is 110 cm³/mol. The topological polar surface area (TPSA) is 83.1 Å². The van der Waals surface area contributed by atoms with Gasteiger partial charge in [-0.05, 0) is 35.8 Å². The molecule has 3 rings (SSSR count). The summed E-state index contributed by atoms with van der Waals surface area (Å²) in [5.74, 6) is 1.98. The van der Waals surface area contributed by atoms with Gasteiger partial charge in [-0.3, -0.25) is 4.79 Å². The Kier molecular flexibility index (Phi) is 7.82. The lowest BCUT2D eigenvalue weighted by Gasteiger charge is -2.16. The fraction of sp³-hybridized carbons (Fsp3) is 0.588. The number of thioether (sulfide) groups is 1. The van der Waals surface area contributed by atoms with Crippen molar-refractivity contribution in [3.8, 4) is 0 Å². The minimum absolute atomic E-state index is 0.0382. The summed E-state index contributed by atoms with van der Waals surface area (Å²) in [6, 6.07) is 6.35. The van der Waals surface area contributed by atoms with E-state index in [0.29, 0.717) is 18.2 Å². The van der Waals surface area contributed by atoms with Gasteiger partial charge in [0.2, 0.25) is 5.91 Å². The van der Waals surface area contributed by atoms with E-state index >= 15 is 0 Å². The summed E-state index contributed by atoms with van der Waals surface area (Å²) in [5, 5.41) is 10.4. The Bertz CT molecular complexity index is 605. The molecule has 0 aliphatic carbocycles. The molecular formula is C17H24N4O2S3. The van der Waals surface area contributed by atoms with E-state index in [9.17, 15) is 9.59 Å². The van der Waals surface area contributed by atoms with Crippen molar-refractivity contribution in [3.05, 3.63) is 24.4 Å². The number of amides is 3. The van der Waals surface area contributed by atoms with Crippen LogP contribution in [-0.4, -0.2) is 52.3 Å². The highest BCUT2D eigenvalue weighted by molar-refractivity contribution is 8.76. The number of rotatable bonds is 10. The van der Waals surface area contributed by atoms with Gasteiger partial charge in [0.25, 0.3) is 0 Å². The minimum atomic E-state index is -0.0382. The van der Waals surface area contributed by atoms with Gasteiger partial charge >= 0.3 is 6.03 Å². The maximum atomic E-state index is 11.9. The number of hydrogen-bond acceptors (Lipinski definition) is 6. The van der Waals surface area contributed by atoms with Gasteiger partial charge in [0, 0.05) is 35.9 Å². The van der Waals surface area contributed by atoms with Crippen LogP contribution < -0.4 is 16.0 Å². The molecule has 1 aromatic rings. The predicted octanol–water partition coefficient (Wildman–Crippen LogP) is 2.66. The Morgan fingerprint density at radius 3 is 3.12 bits per heavy atom. The van der Waals surface area contributed by atoms with Crippen molar-refractivity contribution in [2.75, 3.05) is 18.1 Å². The summed E-state index contributed by atoms with van der Waals surface area (Å²) >= 11 is 1.92. The number of nitrogens with one attached hydrogen (secondary N) is 3. The Balaban J connectivity index is 1.19. The first kappa shape index (κ1) is 19.7. The van der Waals surface area contributed by atoms with Crippen LogP contribution in [-0.2, 0) is 4.79 Å². The third-order valence-electron chi connectivity index (χ3n) is 4.37. The summed E-state index contributed by atoms with van der Waals surface area (Å²) < 4.78 is 0. The first-order chi connectivity index (χ1) is 12.7. The summed E-state index contributed by atoms with van der Waals surface area (Å²) in [6.45, 7) is 0.684. The number of urea groups is 1. The van der Waals surface area contributed by atoms with Crippen molar-refractivity contribution in [1.29, 1.82) is 0 Å². The second-order valence-electron chi connectivity index (χ2n) is 6.29. The molecule has 3 atom stereocenters. The number of unbranched alkanes of at least 4 members (excludes halogenated alkanes) is 1. The number of nitrogens with zero attached hydrogens (tertiary/aromatic N) is 1. The monoisotopic (exact) mass is 412 g/mol. The first-order valence-electron chi connectivity index (χ1n) is 8.88. The number of carbonyl (C=O) groups is 2. The van der Waals surface area contributed by atoms with Crippen LogP contribution >= 0.6 is 33.3 Å². The SMILES string of the molecule is O=C(CCCC[C@@H]1SC[C@@H]2NC(=O)N[C@@H]21)NCCSSc1ccccn1. The fourth-order valence-electron chi connectivity index (χ4n) is 3.09. The summed E-state index contributed by atoms with van der Waals surface area (Å²) in [7, 11) is 3.33. The Hall–Kier alpha value is -1.06. The summed E-state index contributed by atoms with van der Waals surface area (Å²) in [5.41, 5.74) is 0. The average molecular weight is 413 g/mol. The van der Waals surface area contributed by atoms with E-state index in [1.54, 1.807) is 27.8 Å². The van der Waals surface area contributed by atoms with Gasteiger partial charge in [-0.25, -0.2) is 9.78 Å². The fourth-order valence-corrected chi connectivity index (χ4v) is 6.42. The zero-order valence-electron chi connectivity index (χ0n) is 14.5. The second-order valence-corrected chi connectivity index (χ2v) is 10.00. The molecule has 1 aromatic heterocycles. The molecule has 6 nitrogen and oxygen atoms in total. The van der Waals surface area contributed by atoms with Gasteiger partial charge in [-0.2, -0.15) is 11.8 Å². The Labute approximate surface area is 166 Å². The highest BCUT2D eigenvalue weighted by atomic mass is 33.1. The molecule has 0 radical (unpaired) electrons. The smallest absolute Gasteiger partial charge is 0.315 e. The molecule has 2 fully saturated rings. The van der Waals surface area contributed by atoms with Crippen LogP contribution in [0.5, 0.6) is 0 Å². The maximum absolute atomic E-state index is 11.9. The van der Waals surface area contributed by atoms with Crippen LogP contribution in [0.4, 0.5) is 4.79 Å². The largest absolute Gasteiger partial charge is 0.355 e. The minimum Gasteiger partial charge on any atom is -0.355 e. The van der Waals surface area contributed by atoms with Gasteiger partial charge in [0.05, 0.1) is 12.1 Å². The molecule has 0 aromatic carbocycles. The van der Waals surface area contributed by atoms with Crippen molar-refractivity contribution in [2.24, 2.45) is 0 Å². The van der Waals surface area contributed by atoms with Crippen molar-refractivity contribution < 1.29 is 9.59 Å². The Morgan fingerprint density at radius 2 is 2.27 bits per heavy atom. The average Bonchev–Trinajstić information content (AvgIpc) is 3.19. The maximum Gasteiger partial charge on any atom is 0.315 e. The molecule has 0 saturated carbocycles. The summed E-state index contributed by atoms with van der Waals surface area (Å²) in [4.78, 5) is 27.5. The number of aromatic nitrogens is 1. The molecule has 3 N–H and O–H groups in total. The lowest BCUT2D eigenvalue weighted by molar-refractivity contribution is -0.121. The molecule has 0 bridgehead atoms. The van der Waals surface area contributed by atoms with E-state index in [0.717, 1.165) is 35.8 Å². The van der Waals surface area contributed by atoms with Crippen LogP contribution in [0.25, 0.3) is 0 Å². The standard InChI is InChI=1S/C17H24N4O2S3/c22-14(18-9-10-25-26-15-7-3-4-8-19-15)6-2-1-5-13-16-12(11-24-13)20-17(23)21-16/h3-4,7-8,12-13,16H,1-2,5-6,9-11H2,(H,18,22)(H2,20,21,23)/t12-,13-,16-/m0/s1. The Morgan fingerprint density at radius 1 is 1.35 bits per heavy atom. The zero-order valence-corrected chi connectivity index (χ0v) is 16.9. The van der Waals surface area contributed by atoms with E-state index in [-0.39, 0.29) is 24.0 Å². The number of pyridine rings is 1. The lowest BCUT2D eigenvalue weighted by atomic mass is 10.0. The molecule has 26 heavy (non-hydrogen) atoms. The normalized spacial score (nSPS) is 24.0. The van der Waals surface area contributed by atoms with Crippen molar-refractivity contribution in [3.63, 3.8) is 0 Å². The quantitative estimate of drug-likeness (QED) is 0.311. The van der Waals surface area contributed by atoms with Crippen molar-refractivity contribution >= 4 is 45.3 Å². The third-order valence-corrected chi connectivity index (χ3v) is 8.15. The highest BCUT2D eigenvalue weighted by Gasteiger charge is 2.42. The molecule has 2 saturated heterocycles. The number of carbonyl (C=O) groups excluding carboxylic acids is 2. The van der Waals surface area contributed by atoms with E-state index in [4.69, 9.17) is 0 Å². The van der Waals surface area contributed by atoms with Crippen LogP contribution in [0.2, 0.25) is 0 Å². The number of hydrogen-bond donors (Lipinski definition) is 3. The van der Waals surface area contributed by atoms with Gasteiger partial charge in [-0.15, -0.1) is 0 Å². The van der Waals surface area contributed by atoms with Gasteiger partial charge < -0.3 is 16.0 Å².